The molecule has 1 atom stereocenters. The molecule has 1 aliphatic carbocycles. The molecule has 2 aliphatic heterocycles. The molecule has 2 aromatic rings. The molecule has 0 bridgehead atoms. The van der Waals surface area contributed by atoms with Crippen LogP contribution in [0.2, 0.25) is 5.02 Å². The molecular formula is C28H36ClN3O4S. The highest BCUT2D eigenvalue weighted by atomic mass is 35.5. The summed E-state index contributed by atoms with van der Waals surface area (Å²) in [6.07, 6.45) is 4.23. The van der Waals surface area contributed by atoms with Crippen LogP contribution in [-0.4, -0.2) is 79.9 Å². The van der Waals surface area contributed by atoms with Gasteiger partial charge in [-0.1, -0.05) is 48.0 Å². The van der Waals surface area contributed by atoms with Crippen LogP contribution in [0.25, 0.3) is 0 Å². The van der Waals surface area contributed by atoms with Crippen LogP contribution in [-0.2, 0) is 20.4 Å². The van der Waals surface area contributed by atoms with E-state index in [1.807, 2.05) is 30.3 Å². The highest BCUT2D eigenvalue weighted by Gasteiger charge is 2.56. The van der Waals surface area contributed by atoms with Crippen molar-refractivity contribution >= 4 is 27.5 Å². The van der Waals surface area contributed by atoms with Crippen LogP contribution in [0.1, 0.15) is 49.7 Å². The number of halogens is 1. The molecule has 5 rings (SSSR count). The summed E-state index contributed by atoms with van der Waals surface area (Å²) in [4.78, 5) is 17.5. The van der Waals surface area contributed by atoms with Gasteiger partial charge in [-0.15, -0.1) is 0 Å². The van der Waals surface area contributed by atoms with Crippen LogP contribution in [0, 0.1) is 5.41 Å². The second-order valence-corrected chi connectivity index (χ2v) is 14.0. The summed E-state index contributed by atoms with van der Waals surface area (Å²) in [6, 6.07) is 15.1. The third-order valence-corrected chi connectivity index (χ3v) is 11.0. The van der Waals surface area contributed by atoms with Crippen molar-refractivity contribution in [3.05, 3.63) is 64.7 Å². The third-order valence-electron chi connectivity index (χ3n) is 8.66. The minimum Gasteiger partial charge on any atom is -0.376 e. The standard InChI is InChI=1S/C28H36ClN3O4S/c1-27(34,22-7-5-4-6-8-22)26(33)32-18-28(19-32)16-23(17-28)31-13-11-20(12-14-31)21-9-10-25(24(29)15-21)37(35,36)30(2)3/h4-10,15,20,23,34H,11-14,16-19H2,1-3H3. The van der Waals surface area contributed by atoms with Gasteiger partial charge in [-0.2, -0.15) is 0 Å². The van der Waals surface area contributed by atoms with Crippen LogP contribution in [0.3, 0.4) is 0 Å². The van der Waals surface area contributed by atoms with Gasteiger partial charge in [-0.25, -0.2) is 12.7 Å². The predicted molar refractivity (Wildman–Crippen MR) is 144 cm³/mol. The Bertz CT molecular complexity index is 1260. The number of carbonyl (C=O) groups is 1. The molecule has 0 radical (unpaired) electrons. The van der Waals surface area contributed by atoms with Crippen molar-refractivity contribution in [3.63, 3.8) is 0 Å². The fourth-order valence-corrected chi connectivity index (χ4v) is 7.75. The number of sulfonamides is 1. The Balaban J connectivity index is 1.11. The number of likely N-dealkylation sites (tertiary alicyclic amines) is 2. The maximum absolute atomic E-state index is 13.0. The van der Waals surface area contributed by atoms with Gasteiger partial charge in [0, 0.05) is 38.6 Å². The Morgan fingerprint density at radius 2 is 1.70 bits per heavy atom. The molecule has 1 spiro atoms. The summed E-state index contributed by atoms with van der Waals surface area (Å²) >= 11 is 6.38. The summed E-state index contributed by atoms with van der Waals surface area (Å²) in [5, 5.41) is 11.2. The van der Waals surface area contributed by atoms with Crippen LogP contribution < -0.4 is 0 Å². The number of piperidine rings is 1. The molecule has 1 saturated carbocycles. The number of nitrogens with zero attached hydrogens (tertiary/aromatic N) is 3. The molecule has 3 fully saturated rings. The maximum atomic E-state index is 13.0. The molecular weight excluding hydrogens is 510 g/mol. The van der Waals surface area contributed by atoms with E-state index in [1.54, 1.807) is 30.0 Å². The molecule has 1 amide bonds. The van der Waals surface area contributed by atoms with Gasteiger partial charge in [0.25, 0.3) is 5.91 Å². The van der Waals surface area contributed by atoms with Gasteiger partial charge in [0.15, 0.2) is 5.60 Å². The average Bonchev–Trinajstić information content (AvgIpc) is 2.82. The van der Waals surface area contributed by atoms with Crippen LogP contribution in [0.15, 0.2) is 53.4 Å². The van der Waals surface area contributed by atoms with E-state index in [4.69, 9.17) is 11.6 Å². The van der Waals surface area contributed by atoms with Gasteiger partial charge in [0.2, 0.25) is 10.0 Å². The first kappa shape index (κ1) is 26.6. The Morgan fingerprint density at radius 1 is 1.08 bits per heavy atom. The zero-order valence-corrected chi connectivity index (χ0v) is 23.3. The highest BCUT2D eigenvalue weighted by molar-refractivity contribution is 7.89. The van der Waals surface area contributed by atoms with Gasteiger partial charge >= 0.3 is 0 Å². The summed E-state index contributed by atoms with van der Waals surface area (Å²) in [6.45, 7) is 5.05. The largest absolute Gasteiger partial charge is 0.376 e. The molecule has 2 aromatic carbocycles. The van der Waals surface area contributed by atoms with Crippen LogP contribution in [0.4, 0.5) is 0 Å². The number of benzene rings is 2. The molecule has 200 valence electrons. The first-order valence-corrected chi connectivity index (χ1v) is 14.8. The van der Waals surface area contributed by atoms with E-state index in [2.05, 4.69) is 4.90 Å². The normalized spacial score (nSPS) is 22.5. The number of aliphatic hydroxyl groups is 1. The molecule has 1 unspecified atom stereocenters. The van der Waals surface area contributed by atoms with Crippen molar-refractivity contribution < 1.29 is 18.3 Å². The topological polar surface area (TPSA) is 81.2 Å². The third kappa shape index (κ3) is 4.83. The maximum Gasteiger partial charge on any atom is 0.258 e. The molecule has 0 aromatic heterocycles. The lowest BCUT2D eigenvalue weighted by Crippen LogP contribution is -2.69. The number of amides is 1. The molecule has 37 heavy (non-hydrogen) atoms. The van der Waals surface area contributed by atoms with Crippen LogP contribution in [0.5, 0.6) is 0 Å². The number of rotatable bonds is 6. The van der Waals surface area contributed by atoms with Crippen molar-refractivity contribution in [1.29, 1.82) is 0 Å². The van der Waals surface area contributed by atoms with Crippen molar-refractivity contribution in [3.8, 4) is 0 Å². The van der Waals surface area contributed by atoms with E-state index in [0.717, 1.165) is 57.4 Å². The lowest BCUT2D eigenvalue weighted by Gasteiger charge is -2.62. The second kappa shape index (κ2) is 9.65. The fourth-order valence-electron chi connectivity index (χ4n) is 6.33. The average molecular weight is 546 g/mol. The van der Waals surface area contributed by atoms with Gasteiger partial charge in [0.1, 0.15) is 4.90 Å². The van der Waals surface area contributed by atoms with Crippen molar-refractivity contribution in [2.75, 3.05) is 40.3 Å². The minimum atomic E-state index is -3.56. The lowest BCUT2D eigenvalue weighted by molar-refractivity contribution is -0.175. The monoisotopic (exact) mass is 545 g/mol. The van der Waals surface area contributed by atoms with Gasteiger partial charge in [-0.3, -0.25) is 4.79 Å². The Labute approximate surface area is 225 Å². The summed E-state index contributed by atoms with van der Waals surface area (Å²) < 4.78 is 26.1. The Hall–Kier alpha value is -1.97. The van der Waals surface area contributed by atoms with Crippen molar-refractivity contribution in [2.45, 2.75) is 55.1 Å². The quantitative estimate of drug-likeness (QED) is 0.599. The summed E-state index contributed by atoms with van der Waals surface area (Å²) in [5.74, 6) is 0.160. The molecule has 7 nitrogen and oxygen atoms in total. The van der Waals surface area contributed by atoms with E-state index >= 15 is 0 Å². The lowest BCUT2D eigenvalue weighted by atomic mass is 9.59. The Kier molecular flexibility index (Phi) is 6.94. The molecule has 3 aliphatic rings. The van der Waals surface area contributed by atoms with Gasteiger partial charge in [0.05, 0.1) is 5.02 Å². The molecule has 2 saturated heterocycles. The Morgan fingerprint density at radius 3 is 2.27 bits per heavy atom. The number of hydrogen-bond donors (Lipinski definition) is 1. The zero-order valence-electron chi connectivity index (χ0n) is 21.7. The van der Waals surface area contributed by atoms with Crippen LogP contribution >= 0.6 is 11.6 Å². The number of carbonyl (C=O) groups excluding carboxylic acids is 1. The van der Waals surface area contributed by atoms with Gasteiger partial charge in [-0.05, 0) is 74.9 Å². The highest BCUT2D eigenvalue weighted by Crippen LogP contribution is 2.51. The molecule has 1 N–H and O–H groups in total. The molecule has 9 heteroatoms. The second-order valence-electron chi connectivity index (χ2n) is 11.4. The van der Waals surface area contributed by atoms with E-state index in [9.17, 15) is 18.3 Å². The fraction of sp³-hybridized carbons (Fsp3) is 0.536. The first-order chi connectivity index (χ1) is 17.4. The van der Waals surface area contributed by atoms with E-state index < -0.39 is 15.6 Å². The van der Waals surface area contributed by atoms with E-state index in [-0.39, 0.29) is 21.2 Å². The summed E-state index contributed by atoms with van der Waals surface area (Å²) in [7, 11) is -0.542. The van der Waals surface area contributed by atoms with Crippen molar-refractivity contribution in [2.24, 2.45) is 5.41 Å². The SMILES string of the molecule is CN(C)S(=O)(=O)c1ccc(C2CCN(C3CC4(C3)CN(C(=O)C(C)(O)c3ccccc3)C4)CC2)cc1Cl. The van der Waals surface area contributed by atoms with Gasteiger partial charge < -0.3 is 14.9 Å². The minimum absolute atomic E-state index is 0.151. The predicted octanol–water partition coefficient (Wildman–Crippen LogP) is 3.67. The van der Waals surface area contributed by atoms with E-state index in [0.29, 0.717) is 17.5 Å². The summed E-state index contributed by atoms with van der Waals surface area (Å²) in [5.41, 5.74) is 0.438. The smallest absolute Gasteiger partial charge is 0.258 e. The van der Waals surface area contributed by atoms with Crippen molar-refractivity contribution in [1.82, 2.24) is 14.1 Å². The zero-order chi connectivity index (χ0) is 26.6. The number of hydrogen-bond acceptors (Lipinski definition) is 5. The first-order valence-electron chi connectivity index (χ1n) is 13.0. The molecule has 2 heterocycles. The van der Waals surface area contributed by atoms with E-state index in [1.165, 1.54) is 18.4 Å².